The Morgan fingerprint density at radius 1 is 1.10 bits per heavy atom. The molecule has 0 N–H and O–H groups in total. The zero-order valence-corrected chi connectivity index (χ0v) is 13.3. The molecule has 0 spiro atoms. The third-order valence-electron chi connectivity index (χ3n) is 4.03. The van der Waals surface area contributed by atoms with E-state index < -0.39 is 0 Å². The van der Waals surface area contributed by atoms with Crippen LogP contribution in [0.1, 0.15) is 48.4 Å². The van der Waals surface area contributed by atoms with Crippen LogP contribution < -0.4 is 0 Å². The number of aryl methyl sites for hydroxylation is 1. The predicted octanol–water partition coefficient (Wildman–Crippen LogP) is 6.24. The summed E-state index contributed by atoms with van der Waals surface area (Å²) in [6.45, 7) is 10.8. The molecular formula is C21H24. The van der Waals surface area contributed by atoms with Crippen molar-refractivity contribution in [2.75, 3.05) is 0 Å². The van der Waals surface area contributed by atoms with Crippen molar-refractivity contribution in [2.45, 2.75) is 33.1 Å². The summed E-state index contributed by atoms with van der Waals surface area (Å²) in [5.74, 6) is 0.582. The van der Waals surface area contributed by atoms with Crippen molar-refractivity contribution < 1.29 is 0 Å². The largest absolute Gasteiger partial charge is 0.0912 e. The highest BCUT2D eigenvalue weighted by Gasteiger charge is 2.06. The van der Waals surface area contributed by atoms with E-state index in [0.717, 1.165) is 12.0 Å². The molecule has 0 nitrogen and oxygen atoms in total. The van der Waals surface area contributed by atoms with Crippen LogP contribution in [0.5, 0.6) is 0 Å². The maximum atomic E-state index is 4.18. The molecular weight excluding hydrogens is 252 g/mol. The van der Waals surface area contributed by atoms with Crippen molar-refractivity contribution in [1.82, 2.24) is 0 Å². The van der Waals surface area contributed by atoms with Crippen LogP contribution in [0.25, 0.3) is 11.6 Å². The van der Waals surface area contributed by atoms with Gasteiger partial charge in [-0.2, -0.15) is 0 Å². The summed E-state index contributed by atoms with van der Waals surface area (Å²) < 4.78 is 0. The van der Waals surface area contributed by atoms with E-state index >= 15 is 0 Å². The summed E-state index contributed by atoms with van der Waals surface area (Å²) in [6, 6.07) is 17.1. The molecule has 0 heteroatoms. The van der Waals surface area contributed by atoms with Gasteiger partial charge in [0.15, 0.2) is 0 Å². The van der Waals surface area contributed by atoms with Gasteiger partial charge in [0, 0.05) is 0 Å². The van der Waals surface area contributed by atoms with E-state index in [4.69, 9.17) is 0 Å². The molecule has 1 atom stereocenters. The van der Waals surface area contributed by atoms with Crippen molar-refractivity contribution in [3.8, 4) is 0 Å². The van der Waals surface area contributed by atoms with E-state index in [0.29, 0.717) is 5.92 Å². The van der Waals surface area contributed by atoms with Crippen LogP contribution in [0.4, 0.5) is 0 Å². The lowest BCUT2D eigenvalue weighted by atomic mass is 9.93. The minimum Gasteiger partial charge on any atom is -0.0912 e. The molecule has 2 rings (SSSR count). The molecule has 0 radical (unpaired) electrons. The molecule has 0 amide bonds. The Hall–Kier alpha value is -2.08. The molecule has 2 aromatic rings. The highest BCUT2D eigenvalue weighted by molar-refractivity contribution is 5.77. The van der Waals surface area contributed by atoms with Gasteiger partial charge in [-0.15, -0.1) is 0 Å². The highest BCUT2D eigenvalue weighted by Crippen LogP contribution is 2.24. The maximum Gasteiger partial charge on any atom is -0.0187 e. The number of hydrogen-bond acceptors (Lipinski definition) is 0. The summed E-state index contributed by atoms with van der Waals surface area (Å²) in [7, 11) is 0. The molecule has 0 saturated carbocycles. The van der Waals surface area contributed by atoms with E-state index in [1.807, 2.05) is 0 Å². The number of rotatable bonds is 5. The lowest BCUT2D eigenvalue weighted by Gasteiger charge is -2.12. The number of hydrogen-bond donors (Lipinski definition) is 0. The summed E-state index contributed by atoms with van der Waals surface area (Å²) in [4.78, 5) is 0. The molecule has 0 aliphatic heterocycles. The number of benzene rings is 2. The molecule has 1 unspecified atom stereocenters. The Morgan fingerprint density at radius 3 is 2.43 bits per heavy atom. The first-order chi connectivity index (χ1) is 10.1. The molecule has 2 aromatic carbocycles. The van der Waals surface area contributed by atoms with Gasteiger partial charge in [0.25, 0.3) is 0 Å². The van der Waals surface area contributed by atoms with Crippen LogP contribution in [-0.4, -0.2) is 0 Å². The van der Waals surface area contributed by atoms with Gasteiger partial charge in [0.05, 0.1) is 0 Å². The van der Waals surface area contributed by atoms with Crippen LogP contribution in [-0.2, 0) is 0 Å². The minimum absolute atomic E-state index is 0.582. The van der Waals surface area contributed by atoms with E-state index in [-0.39, 0.29) is 0 Å². The van der Waals surface area contributed by atoms with Crippen molar-refractivity contribution in [2.24, 2.45) is 0 Å². The monoisotopic (exact) mass is 276 g/mol. The van der Waals surface area contributed by atoms with Crippen LogP contribution in [0.3, 0.4) is 0 Å². The summed E-state index contributed by atoms with van der Waals surface area (Å²) >= 11 is 0. The highest BCUT2D eigenvalue weighted by atomic mass is 14.1. The second kappa shape index (κ2) is 7.08. The van der Waals surface area contributed by atoms with Crippen LogP contribution >= 0.6 is 0 Å². The summed E-state index contributed by atoms with van der Waals surface area (Å²) in [5, 5.41) is 0. The molecule has 0 bridgehead atoms. The first-order valence-electron chi connectivity index (χ1n) is 7.64. The lowest BCUT2D eigenvalue weighted by molar-refractivity contribution is 0.732. The molecule has 0 aromatic heterocycles. The minimum atomic E-state index is 0.582. The zero-order valence-electron chi connectivity index (χ0n) is 13.3. The third-order valence-corrected chi connectivity index (χ3v) is 4.03. The maximum absolute atomic E-state index is 4.18. The van der Waals surface area contributed by atoms with Gasteiger partial charge < -0.3 is 0 Å². The Morgan fingerprint density at radius 2 is 1.76 bits per heavy atom. The van der Waals surface area contributed by atoms with Gasteiger partial charge >= 0.3 is 0 Å². The van der Waals surface area contributed by atoms with Gasteiger partial charge in [0.2, 0.25) is 0 Å². The van der Waals surface area contributed by atoms with E-state index in [1.165, 1.54) is 22.3 Å². The standard InChI is InChI=1S/C21H24/c1-5-17(3)21-9-7-6-8-20(21)15-12-18(4)19-13-10-16(2)11-14-19/h6-15,17H,4-5H2,1-3H3/b15-12-. The molecule has 21 heavy (non-hydrogen) atoms. The SMILES string of the molecule is C=C(/C=C\c1ccccc1C(C)CC)c1ccc(C)cc1. The van der Waals surface area contributed by atoms with Gasteiger partial charge in [-0.1, -0.05) is 86.7 Å². The second-order valence-corrected chi connectivity index (χ2v) is 5.66. The third kappa shape index (κ3) is 3.95. The smallest absolute Gasteiger partial charge is 0.0187 e. The van der Waals surface area contributed by atoms with Crippen molar-refractivity contribution in [3.05, 3.63) is 83.4 Å². The normalized spacial score (nSPS) is 12.5. The average molecular weight is 276 g/mol. The van der Waals surface area contributed by atoms with Crippen molar-refractivity contribution >= 4 is 11.6 Å². The molecule has 0 aliphatic carbocycles. The zero-order chi connectivity index (χ0) is 15.2. The fourth-order valence-electron chi connectivity index (χ4n) is 2.39. The van der Waals surface area contributed by atoms with Gasteiger partial charge in [0.1, 0.15) is 0 Å². The molecule has 0 saturated heterocycles. The Kier molecular flexibility index (Phi) is 5.16. The van der Waals surface area contributed by atoms with Crippen LogP contribution in [0, 0.1) is 6.92 Å². The quantitative estimate of drug-likeness (QED) is 0.567. The lowest BCUT2D eigenvalue weighted by Crippen LogP contribution is -1.94. The van der Waals surface area contributed by atoms with Gasteiger partial charge in [-0.05, 0) is 41.5 Å². The molecule has 0 aliphatic rings. The molecule has 0 heterocycles. The van der Waals surface area contributed by atoms with E-state index in [2.05, 4.69) is 88.0 Å². The van der Waals surface area contributed by atoms with Crippen molar-refractivity contribution in [1.29, 1.82) is 0 Å². The summed E-state index contributed by atoms with van der Waals surface area (Å²) in [5.41, 5.74) is 6.21. The van der Waals surface area contributed by atoms with Crippen LogP contribution in [0.15, 0.2) is 61.2 Å². The topological polar surface area (TPSA) is 0 Å². The van der Waals surface area contributed by atoms with E-state index in [9.17, 15) is 0 Å². The summed E-state index contributed by atoms with van der Waals surface area (Å²) in [6.07, 6.45) is 5.46. The van der Waals surface area contributed by atoms with Gasteiger partial charge in [-0.25, -0.2) is 0 Å². The molecule has 108 valence electrons. The molecule has 0 fully saturated rings. The Balaban J connectivity index is 2.21. The fourth-order valence-corrected chi connectivity index (χ4v) is 2.39. The fraction of sp³-hybridized carbons (Fsp3) is 0.238. The first-order valence-corrected chi connectivity index (χ1v) is 7.64. The Labute approximate surface area is 128 Å². The first kappa shape index (κ1) is 15.3. The average Bonchev–Trinajstić information content (AvgIpc) is 2.52. The predicted molar refractivity (Wildman–Crippen MR) is 94.4 cm³/mol. The van der Waals surface area contributed by atoms with E-state index in [1.54, 1.807) is 0 Å². The van der Waals surface area contributed by atoms with Crippen molar-refractivity contribution in [3.63, 3.8) is 0 Å². The van der Waals surface area contributed by atoms with Crippen LogP contribution in [0.2, 0.25) is 0 Å². The Bertz CT molecular complexity index is 629. The van der Waals surface area contributed by atoms with Gasteiger partial charge in [-0.3, -0.25) is 0 Å². The number of allylic oxidation sites excluding steroid dienone is 2. The second-order valence-electron chi connectivity index (χ2n) is 5.66.